The molecule has 1 unspecified atom stereocenters. The number of halogens is 1. The fraction of sp³-hybridized carbons (Fsp3) is 0.538. The Morgan fingerprint density at radius 1 is 1.41 bits per heavy atom. The summed E-state index contributed by atoms with van der Waals surface area (Å²) in [5, 5.41) is 0.668. The summed E-state index contributed by atoms with van der Waals surface area (Å²) in [6.45, 7) is 5.36. The lowest BCUT2D eigenvalue weighted by molar-refractivity contribution is 0.296. The maximum Gasteiger partial charge on any atom is 0.164 e. The van der Waals surface area contributed by atoms with E-state index in [0.29, 0.717) is 18.2 Å². The van der Waals surface area contributed by atoms with Crippen LogP contribution in [0.15, 0.2) is 6.07 Å². The molecule has 1 heterocycles. The smallest absolute Gasteiger partial charge is 0.164 e. The van der Waals surface area contributed by atoms with E-state index in [1.54, 1.807) is 0 Å². The van der Waals surface area contributed by atoms with Crippen LogP contribution in [0.2, 0.25) is 5.02 Å². The SMILES string of the molecule is CCc1c2c(cc(Cl)c1C(C)N)OCCCO2. The molecule has 1 atom stereocenters. The number of rotatable bonds is 2. The van der Waals surface area contributed by atoms with Gasteiger partial charge in [-0.3, -0.25) is 0 Å². The van der Waals surface area contributed by atoms with Gasteiger partial charge in [-0.15, -0.1) is 0 Å². The van der Waals surface area contributed by atoms with E-state index in [1.807, 2.05) is 13.0 Å². The van der Waals surface area contributed by atoms with Crippen molar-refractivity contribution in [2.75, 3.05) is 13.2 Å². The van der Waals surface area contributed by atoms with Crippen LogP contribution < -0.4 is 15.2 Å². The van der Waals surface area contributed by atoms with Crippen LogP contribution in [-0.2, 0) is 6.42 Å². The zero-order valence-electron chi connectivity index (χ0n) is 10.3. The predicted molar refractivity (Wildman–Crippen MR) is 69.0 cm³/mol. The van der Waals surface area contributed by atoms with E-state index < -0.39 is 0 Å². The molecule has 1 aliphatic rings. The highest BCUT2D eigenvalue weighted by molar-refractivity contribution is 6.31. The predicted octanol–water partition coefficient (Wildman–Crippen LogP) is 3.08. The van der Waals surface area contributed by atoms with Crippen LogP contribution in [0, 0.1) is 0 Å². The van der Waals surface area contributed by atoms with Crippen molar-refractivity contribution in [3.63, 3.8) is 0 Å². The van der Waals surface area contributed by atoms with Crippen LogP contribution in [0.4, 0.5) is 0 Å². The standard InChI is InChI=1S/C13H18ClNO2/c1-3-9-12(8(2)15)10(14)7-11-13(9)17-6-4-5-16-11/h7-8H,3-6,15H2,1-2H3. The second-order valence-electron chi connectivity index (χ2n) is 4.27. The van der Waals surface area contributed by atoms with Gasteiger partial charge < -0.3 is 15.2 Å². The van der Waals surface area contributed by atoms with E-state index in [4.69, 9.17) is 26.8 Å². The fourth-order valence-corrected chi connectivity index (χ4v) is 2.58. The number of nitrogens with two attached hydrogens (primary N) is 1. The molecule has 94 valence electrons. The van der Waals surface area contributed by atoms with Gasteiger partial charge in [-0.05, 0) is 18.9 Å². The van der Waals surface area contributed by atoms with Gasteiger partial charge in [0.1, 0.15) is 0 Å². The first-order valence-corrected chi connectivity index (χ1v) is 6.39. The topological polar surface area (TPSA) is 44.5 Å². The number of hydrogen-bond acceptors (Lipinski definition) is 3. The van der Waals surface area contributed by atoms with Crippen molar-refractivity contribution in [3.05, 3.63) is 22.2 Å². The minimum atomic E-state index is -0.102. The summed E-state index contributed by atoms with van der Waals surface area (Å²) < 4.78 is 11.4. The van der Waals surface area contributed by atoms with Crippen molar-refractivity contribution in [1.29, 1.82) is 0 Å². The summed E-state index contributed by atoms with van der Waals surface area (Å²) in [7, 11) is 0. The molecule has 17 heavy (non-hydrogen) atoms. The first-order valence-electron chi connectivity index (χ1n) is 6.01. The molecule has 0 aliphatic carbocycles. The van der Waals surface area contributed by atoms with Gasteiger partial charge >= 0.3 is 0 Å². The van der Waals surface area contributed by atoms with E-state index in [2.05, 4.69) is 6.92 Å². The molecule has 0 spiro atoms. The average Bonchev–Trinajstić information content (AvgIpc) is 2.51. The molecule has 0 saturated carbocycles. The molecule has 0 amide bonds. The average molecular weight is 256 g/mol. The van der Waals surface area contributed by atoms with Gasteiger partial charge in [0.15, 0.2) is 11.5 Å². The number of hydrogen-bond donors (Lipinski definition) is 1. The van der Waals surface area contributed by atoms with Crippen LogP contribution in [-0.4, -0.2) is 13.2 Å². The second kappa shape index (κ2) is 5.15. The van der Waals surface area contributed by atoms with Crippen molar-refractivity contribution in [3.8, 4) is 11.5 Å². The largest absolute Gasteiger partial charge is 0.489 e. The van der Waals surface area contributed by atoms with E-state index in [9.17, 15) is 0 Å². The molecule has 0 bridgehead atoms. The molecule has 3 nitrogen and oxygen atoms in total. The molecule has 0 fully saturated rings. The summed E-state index contributed by atoms with van der Waals surface area (Å²) in [5.41, 5.74) is 8.03. The molecule has 1 aromatic rings. The van der Waals surface area contributed by atoms with Gasteiger partial charge in [0.25, 0.3) is 0 Å². The monoisotopic (exact) mass is 255 g/mol. The van der Waals surface area contributed by atoms with Crippen molar-refractivity contribution in [2.45, 2.75) is 32.7 Å². The summed E-state index contributed by atoms with van der Waals surface area (Å²) in [6.07, 6.45) is 1.73. The zero-order chi connectivity index (χ0) is 12.4. The maximum absolute atomic E-state index is 6.28. The summed E-state index contributed by atoms with van der Waals surface area (Å²) in [6, 6.07) is 1.72. The second-order valence-corrected chi connectivity index (χ2v) is 4.68. The van der Waals surface area contributed by atoms with Crippen LogP contribution >= 0.6 is 11.6 Å². The maximum atomic E-state index is 6.28. The Labute approximate surface area is 107 Å². The first-order chi connectivity index (χ1) is 8.15. The third-order valence-electron chi connectivity index (χ3n) is 2.94. The van der Waals surface area contributed by atoms with Crippen molar-refractivity contribution >= 4 is 11.6 Å². The van der Waals surface area contributed by atoms with Gasteiger partial charge in [-0.1, -0.05) is 18.5 Å². The highest BCUT2D eigenvalue weighted by Crippen LogP contribution is 2.41. The van der Waals surface area contributed by atoms with E-state index in [-0.39, 0.29) is 6.04 Å². The van der Waals surface area contributed by atoms with Crippen LogP contribution in [0.25, 0.3) is 0 Å². The summed E-state index contributed by atoms with van der Waals surface area (Å²) in [5.74, 6) is 1.57. The van der Waals surface area contributed by atoms with Gasteiger partial charge in [0.05, 0.1) is 13.2 Å². The molecule has 1 aliphatic heterocycles. The molecule has 0 saturated heterocycles. The first kappa shape index (κ1) is 12.5. The van der Waals surface area contributed by atoms with Gasteiger partial charge in [-0.2, -0.15) is 0 Å². The Bertz CT molecular complexity index is 418. The van der Waals surface area contributed by atoms with Gasteiger partial charge in [0, 0.05) is 29.1 Å². The lowest BCUT2D eigenvalue weighted by atomic mass is 9.98. The molecule has 2 rings (SSSR count). The Morgan fingerprint density at radius 2 is 2.12 bits per heavy atom. The lowest BCUT2D eigenvalue weighted by Crippen LogP contribution is -2.11. The number of benzene rings is 1. The van der Waals surface area contributed by atoms with Crippen molar-refractivity contribution in [1.82, 2.24) is 0 Å². The molecule has 1 aromatic carbocycles. The van der Waals surface area contributed by atoms with Gasteiger partial charge in [-0.25, -0.2) is 0 Å². The van der Waals surface area contributed by atoms with Crippen LogP contribution in [0.1, 0.15) is 37.4 Å². The molecule has 0 radical (unpaired) electrons. The van der Waals surface area contributed by atoms with Crippen LogP contribution in [0.5, 0.6) is 11.5 Å². The van der Waals surface area contributed by atoms with E-state index in [0.717, 1.165) is 35.5 Å². The van der Waals surface area contributed by atoms with Crippen molar-refractivity contribution < 1.29 is 9.47 Å². The normalized spacial score (nSPS) is 16.5. The lowest BCUT2D eigenvalue weighted by Gasteiger charge is -2.19. The zero-order valence-corrected chi connectivity index (χ0v) is 11.0. The third kappa shape index (κ3) is 2.35. The Morgan fingerprint density at radius 3 is 2.76 bits per heavy atom. The quantitative estimate of drug-likeness (QED) is 0.883. The molecule has 2 N–H and O–H groups in total. The van der Waals surface area contributed by atoms with E-state index >= 15 is 0 Å². The highest BCUT2D eigenvalue weighted by atomic mass is 35.5. The third-order valence-corrected chi connectivity index (χ3v) is 3.25. The highest BCUT2D eigenvalue weighted by Gasteiger charge is 2.21. The molecular formula is C13H18ClNO2. The Kier molecular flexibility index (Phi) is 3.79. The summed E-state index contributed by atoms with van der Waals surface area (Å²) in [4.78, 5) is 0. The Balaban J connectivity index is 2.60. The number of ether oxygens (including phenoxy) is 2. The molecule has 0 aromatic heterocycles. The molecule has 4 heteroatoms. The van der Waals surface area contributed by atoms with Crippen molar-refractivity contribution in [2.24, 2.45) is 5.73 Å². The Hall–Kier alpha value is -0.930. The number of fused-ring (bicyclic) bond motifs is 1. The minimum absolute atomic E-state index is 0.102. The minimum Gasteiger partial charge on any atom is -0.489 e. The molecular weight excluding hydrogens is 238 g/mol. The van der Waals surface area contributed by atoms with Gasteiger partial charge in [0.2, 0.25) is 0 Å². The van der Waals surface area contributed by atoms with E-state index in [1.165, 1.54) is 0 Å². The fourth-order valence-electron chi connectivity index (χ4n) is 2.20. The van der Waals surface area contributed by atoms with Crippen LogP contribution in [0.3, 0.4) is 0 Å². The summed E-state index contributed by atoms with van der Waals surface area (Å²) >= 11 is 6.28.